The Hall–Kier alpha value is -1.55. The molecule has 1 aliphatic carbocycles. The highest BCUT2D eigenvalue weighted by Gasteiger charge is 2.45. The fourth-order valence-electron chi connectivity index (χ4n) is 4.05. The number of fused-ring (bicyclic) bond motifs is 1. The molecule has 2 aliphatic rings. The molecule has 1 aliphatic heterocycles. The van der Waals surface area contributed by atoms with Gasteiger partial charge in [0.15, 0.2) is 0 Å². The minimum Gasteiger partial charge on any atom is -0.480 e. The van der Waals surface area contributed by atoms with E-state index in [1.165, 1.54) is 11.3 Å². The lowest BCUT2D eigenvalue weighted by Crippen LogP contribution is -2.51. The van der Waals surface area contributed by atoms with Gasteiger partial charge in [-0.1, -0.05) is 24.6 Å². The van der Waals surface area contributed by atoms with Crippen LogP contribution in [-0.4, -0.2) is 29.2 Å². The van der Waals surface area contributed by atoms with Gasteiger partial charge in [0.25, 0.3) is 0 Å². The quantitative estimate of drug-likeness (QED) is 0.893. The van der Waals surface area contributed by atoms with Gasteiger partial charge in [-0.25, -0.2) is 0 Å². The van der Waals surface area contributed by atoms with Crippen molar-refractivity contribution in [3.8, 4) is 0 Å². The molecule has 1 aromatic carbocycles. The Kier molecular flexibility index (Phi) is 3.66. The molecule has 114 valence electrons. The fraction of sp³-hybridized carbons (Fsp3) is 0.588. The summed E-state index contributed by atoms with van der Waals surface area (Å²) in [5, 5.41) is 9.41. The number of nitrogens with two attached hydrogens (primary N) is 1. The molecule has 0 saturated heterocycles. The molecule has 1 heterocycles. The topological polar surface area (TPSA) is 66.6 Å². The van der Waals surface area contributed by atoms with E-state index in [1.807, 2.05) is 0 Å². The summed E-state index contributed by atoms with van der Waals surface area (Å²) in [7, 11) is 0. The van der Waals surface area contributed by atoms with Crippen LogP contribution in [-0.2, 0) is 11.2 Å². The second-order valence-electron chi connectivity index (χ2n) is 6.60. The van der Waals surface area contributed by atoms with E-state index < -0.39 is 11.5 Å². The van der Waals surface area contributed by atoms with Gasteiger partial charge in [0.05, 0.1) is 0 Å². The Morgan fingerprint density at radius 2 is 2.24 bits per heavy atom. The van der Waals surface area contributed by atoms with Crippen LogP contribution in [0.2, 0.25) is 0 Å². The van der Waals surface area contributed by atoms with Gasteiger partial charge in [-0.2, -0.15) is 0 Å². The molecule has 4 nitrogen and oxygen atoms in total. The summed E-state index contributed by atoms with van der Waals surface area (Å²) in [6.07, 6.45) is 4.42. The molecule has 0 aromatic heterocycles. The number of hydrogen-bond donors (Lipinski definition) is 2. The molecular formula is C17H24N2O2. The van der Waals surface area contributed by atoms with Gasteiger partial charge in [-0.15, -0.1) is 0 Å². The van der Waals surface area contributed by atoms with E-state index >= 15 is 0 Å². The van der Waals surface area contributed by atoms with Crippen molar-refractivity contribution in [2.45, 2.75) is 50.6 Å². The Morgan fingerprint density at radius 1 is 1.48 bits per heavy atom. The summed E-state index contributed by atoms with van der Waals surface area (Å²) >= 11 is 0. The van der Waals surface area contributed by atoms with E-state index in [-0.39, 0.29) is 5.92 Å². The molecule has 4 heteroatoms. The van der Waals surface area contributed by atoms with Gasteiger partial charge in [0.2, 0.25) is 0 Å². The van der Waals surface area contributed by atoms with Gasteiger partial charge < -0.3 is 15.7 Å². The first-order valence-electron chi connectivity index (χ1n) is 7.89. The van der Waals surface area contributed by atoms with Crippen LogP contribution >= 0.6 is 0 Å². The third-order valence-corrected chi connectivity index (χ3v) is 5.34. The van der Waals surface area contributed by atoms with Gasteiger partial charge in [0, 0.05) is 18.3 Å². The van der Waals surface area contributed by atoms with Crippen molar-refractivity contribution >= 4 is 11.7 Å². The molecule has 1 fully saturated rings. The van der Waals surface area contributed by atoms with Crippen molar-refractivity contribution < 1.29 is 9.90 Å². The number of carboxylic acid groups (broad SMARTS) is 1. The van der Waals surface area contributed by atoms with Crippen molar-refractivity contribution in [1.82, 2.24) is 0 Å². The SMILES string of the molecule is CC1Cc2ccccc2N1CCC1CCCC1(N)C(=O)O. The van der Waals surface area contributed by atoms with Gasteiger partial charge in [0.1, 0.15) is 5.54 Å². The molecule has 3 N–H and O–H groups in total. The molecule has 1 saturated carbocycles. The first kappa shape index (κ1) is 14.4. The van der Waals surface area contributed by atoms with E-state index in [1.54, 1.807) is 0 Å². The Bertz CT molecular complexity index is 545. The van der Waals surface area contributed by atoms with E-state index in [9.17, 15) is 9.90 Å². The predicted octanol–water partition coefficient (Wildman–Crippen LogP) is 2.41. The zero-order valence-electron chi connectivity index (χ0n) is 12.6. The number of carbonyl (C=O) groups is 1. The largest absolute Gasteiger partial charge is 0.480 e. The van der Waals surface area contributed by atoms with E-state index in [4.69, 9.17) is 5.73 Å². The van der Waals surface area contributed by atoms with Crippen LogP contribution in [0.15, 0.2) is 24.3 Å². The van der Waals surface area contributed by atoms with E-state index in [2.05, 4.69) is 36.1 Å². The van der Waals surface area contributed by atoms with E-state index in [0.717, 1.165) is 32.2 Å². The van der Waals surface area contributed by atoms with Crippen molar-refractivity contribution in [3.05, 3.63) is 29.8 Å². The molecule has 21 heavy (non-hydrogen) atoms. The average Bonchev–Trinajstić information content (AvgIpc) is 2.97. The maximum absolute atomic E-state index is 11.5. The standard InChI is InChI=1S/C17H24N2O2/c1-12-11-13-5-2-3-7-15(13)19(12)10-8-14-6-4-9-17(14,18)16(20)21/h2-3,5,7,12,14H,4,6,8-11,18H2,1H3,(H,20,21). The van der Waals surface area contributed by atoms with Crippen molar-refractivity contribution in [2.24, 2.45) is 11.7 Å². The first-order valence-corrected chi connectivity index (χ1v) is 7.89. The molecule has 3 rings (SSSR count). The molecule has 0 radical (unpaired) electrons. The highest BCUT2D eigenvalue weighted by Crippen LogP contribution is 2.38. The summed E-state index contributed by atoms with van der Waals surface area (Å²) in [6.45, 7) is 3.14. The summed E-state index contributed by atoms with van der Waals surface area (Å²) in [4.78, 5) is 13.9. The lowest BCUT2D eigenvalue weighted by atomic mass is 9.85. The molecule has 0 bridgehead atoms. The predicted molar refractivity (Wildman–Crippen MR) is 83.5 cm³/mol. The highest BCUT2D eigenvalue weighted by atomic mass is 16.4. The monoisotopic (exact) mass is 288 g/mol. The maximum Gasteiger partial charge on any atom is 0.323 e. The van der Waals surface area contributed by atoms with E-state index in [0.29, 0.717) is 12.5 Å². The normalized spacial score (nSPS) is 31.4. The summed E-state index contributed by atoms with van der Waals surface area (Å²) in [5.41, 5.74) is 7.83. The number of hydrogen-bond acceptors (Lipinski definition) is 3. The second-order valence-corrected chi connectivity index (χ2v) is 6.60. The number of anilines is 1. The van der Waals surface area contributed by atoms with Gasteiger partial charge in [-0.05, 0) is 50.2 Å². The smallest absolute Gasteiger partial charge is 0.323 e. The number of nitrogens with zero attached hydrogens (tertiary/aromatic N) is 1. The molecule has 3 atom stereocenters. The van der Waals surface area contributed by atoms with Crippen molar-refractivity contribution in [2.75, 3.05) is 11.4 Å². The number of benzene rings is 1. The minimum absolute atomic E-state index is 0.0926. The lowest BCUT2D eigenvalue weighted by Gasteiger charge is -2.31. The second kappa shape index (κ2) is 5.34. The molecule has 0 amide bonds. The molecule has 1 aromatic rings. The Morgan fingerprint density at radius 3 is 3.00 bits per heavy atom. The van der Waals surface area contributed by atoms with Crippen LogP contribution in [0, 0.1) is 5.92 Å². The van der Waals surface area contributed by atoms with Crippen LogP contribution in [0.1, 0.15) is 38.2 Å². The molecule has 0 spiro atoms. The molecule has 3 unspecified atom stereocenters. The minimum atomic E-state index is -1.01. The van der Waals surface area contributed by atoms with Crippen LogP contribution in [0.4, 0.5) is 5.69 Å². The Labute approximate surface area is 125 Å². The highest BCUT2D eigenvalue weighted by molar-refractivity contribution is 5.79. The number of carboxylic acids is 1. The third-order valence-electron chi connectivity index (χ3n) is 5.34. The zero-order chi connectivity index (χ0) is 15.0. The van der Waals surface area contributed by atoms with Gasteiger partial charge >= 0.3 is 5.97 Å². The molecular weight excluding hydrogens is 264 g/mol. The average molecular weight is 288 g/mol. The fourth-order valence-corrected chi connectivity index (χ4v) is 4.05. The van der Waals surface area contributed by atoms with Crippen molar-refractivity contribution in [3.63, 3.8) is 0 Å². The van der Waals surface area contributed by atoms with Crippen LogP contribution in [0.3, 0.4) is 0 Å². The summed E-state index contributed by atoms with van der Waals surface area (Å²) in [6, 6.07) is 9.00. The van der Waals surface area contributed by atoms with Crippen LogP contribution in [0.5, 0.6) is 0 Å². The van der Waals surface area contributed by atoms with Crippen LogP contribution < -0.4 is 10.6 Å². The van der Waals surface area contributed by atoms with Gasteiger partial charge in [-0.3, -0.25) is 4.79 Å². The van der Waals surface area contributed by atoms with Crippen molar-refractivity contribution in [1.29, 1.82) is 0 Å². The number of aliphatic carboxylic acids is 1. The summed E-state index contributed by atoms with van der Waals surface area (Å²) in [5.74, 6) is -0.741. The Balaban J connectivity index is 1.70. The third kappa shape index (κ3) is 2.42. The lowest BCUT2D eigenvalue weighted by molar-refractivity contribution is -0.144. The van der Waals surface area contributed by atoms with Crippen LogP contribution in [0.25, 0.3) is 0 Å². The number of rotatable bonds is 4. The first-order chi connectivity index (χ1) is 10.0. The number of para-hydroxylation sites is 1. The maximum atomic E-state index is 11.5. The zero-order valence-corrected chi connectivity index (χ0v) is 12.6. The summed E-state index contributed by atoms with van der Waals surface area (Å²) < 4.78 is 0.